The number of hydrogen-bond acceptors (Lipinski definition) is 4. The molecule has 0 saturated carbocycles. The summed E-state index contributed by atoms with van der Waals surface area (Å²) in [6.45, 7) is 0.165. The zero-order chi connectivity index (χ0) is 17.0. The second-order valence-corrected chi connectivity index (χ2v) is 7.34. The number of nitrogens with zero attached hydrogens (tertiary/aromatic N) is 2. The van der Waals surface area contributed by atoms with Crippen LogP contribution in [0.15, 0.2) is 54.9 Å². The Hall–Kier alpha value is -2.38. The number of fused-ring (bicyclic) bond motifs is 1. The van der Waals surface area contributed by atoms with Gasteiger partial charge in [-0.25, -0.2) is 18.1 Å². The van der Waals surface area contributed by atoms with E-state index in [1.165, 1.54) is 0 Å². The number of aryl methyl sites for hydroxylation is 1. The van der Waals surface area contributed by atoms with Crippen molar-refractivity contribution in [1.29, 1.82) is 0 Å². The minimum absolute atomic E-state index is 0.0173. The summed E-state index contributed by atoms with van der Waals surface area (Å²) in [6.07, 6.45) is 4.01. The highest BCUT2D eigenvalue weighted by molar-refractivity contribution is 7.89. The lowest BCUT2D eigenvalue weighted by Crippen LogP contribution is -2.27. The number of aromatic nitrogens is 2. The third-order valence-corrected chi connectivity index (χ3v) is 5.08. The first-order chi connectivity index (χ1) is 11.6. The molecule has 0 unspecified atom stereocenters. The summed E-state index contributed by atoms with van der Waals surface area (Å²) in [5.41, 5.74) is 1.86. The summed E-state index contributed by atoms with van der Waals surface area (Å²) in [5.74, 6) is 1.40. The number of hydrogen-bond donors (Lipinski definition) is 1. The quantitative estimate of drug-likeness (QED) is 0.711. The summed E-state index contributed by atoms with van der Waals surface area (Å²) >= 11 is 0. The van der Waals surface area contributed by atoms with Gasteiger partial charge in [-0.15, -0.1) is 0 Å². The Morgan fingerprint density at radius 1 is 1.21 bits per heavy atom. The van der Waals surface area contributed by atoms with E-state index in [-0.39, 0.29) is 12.3 Å². The molecule has 6 nitrogen and oxygen atoms in total. The van der Waals surface area contributed by atoms with E-state index in [2.05, 4.69) is 9.71 Å². The Morgan fingerprint density at radius 3 is 2.92 bits per heavy atom. The maximum absolute atomic E-state index is 12.2. The molecule has 0 atom stereocenters. The molecule has 1 N–H and O–H groups in total. The van der Waals surface area contributed by atoms with Crippen LogP contribution >= 0.6 is 0 Å². The van der Waals surface area contributed by atoms with Gasteiger partial charge in [-0.3, -0.25) is 0 Å². The van der Waals surface area contributed by atoms with Crippen molar-refractivity contribution < 1.29 is 13.2 Å². The molecule has 0 aliphatic rings. The van der Waals surface area contributed by atoms with Crippen LogP contribution in [0.2, 0.25) is 0 Å². The highest BCUT2D eigenvalue weighted by Crippen LogP contribution is 2.13. The molecule has 2 heterocycles. The minimum atomic E-state index is -3.39. The van der Waals surface area contributed by atoms with E-state index < -0.39 is 10.0 Å². The highest BCUT2D eigenvalue weighted by Gasteiger charge is 2.12. The van der Waals surface area contributed by atoms with E-state index in [0.29, 0.717) is 12.2 Å². The molecule has 3 aromatic rings. The van der Waals surface area contributed by atoms with Crippen LogP contribution in [-0.4, -0.2) is 30.7 Å². The predicted octanol–water partition coefficient (Wildman–Crippen LogP) is 2.00. The summed E-state index contributed by atoms with van der Waals surface area (Å²) in [5, 5.41) is 0. The second kappa shape index (κ2) is 7.02. The van der Waals surface area contributed by atoms with Gasteiger partial charge in [0.25, 0.3) is 0 Å². The topological polar surface area (TPSA) is 72.7 Å². The van der Waals surface area contributed by atoms with Gasteiger partial charge in [-0.05, 0) is 36.2 Å². The van der Waals surface area contributed by atoms with Crippen LogP contribution in [0.5, 0.6) is 5.75 Å². The normalized spacial score (nSPS) is 11.7. The van der Waals surface area contributed by atoms with Gasteiger partial charge in [-0.1, -0.05) is 18.2 Å². The van der Waals surface area contributed by atoms with Gasteiger partial charge in [0, 0.05) is 6.20 Å². The van der Waals surface area contributed by atoms with Crippen LogP contribution < -0.4 is 9.46 Å². The first kappa shape index (κ1) is 16.5. The van der Waals surface area contributed by atoms with Crippen molar-refractivity contribution in [3.8, 4) is 5.75 Å². The molecular formula is C17H19N3O3S. The van der Waals surface area contributed by atoms with E-state index in [4.69, 9.17) is 4.74 Å². The van der Waals surface area contributed by atoms with E-state index >= 15 is 0 Å². The molecule has 2 aromatic heterocycles. The molecule has 0 saturated heterocycles. The summed E-state index contributed by atoms with van der Waals surface area (Å²) in [4.78, 5) is 4.26. The number of imidazole rings is 1. The number of sulfonamides is 1. The Balaban J connectivity index is 1.61. The van der Waals surface area contributed by atoms with E-state index in [0.717, 1.165) is 16.8 Å². The summed E-state index contributed by atoms with van der Waals surface area (Å²) in [7, 11) is -1.80. The molecule has 1 aromatic carbocycles. The molecule has 7 heteroatoms. The molecule has 3 rings (SSSR count). The van der Waals surface area contributed by atoms with Crippen molar-refractivity contribution in [2.45, 2.75) is 13.0 Å². The molecule has 24 heavy (non-hydrogen) atoms. The fourth-order valence-corrected chi connectivity index (χ4v) is 3.45. The van der Waals surface area contributed by atoms with Gasteiger partial charge in [0.2, 0.25) is 10.0 Å². The van der Waals surface area contributed by atoms with Crippen molar-refractivity contribution in [1.82, 2.24) is 14.1 Å². The van der Waals surface area contributed by atoms with Crippen molar-refractivity contribution in [2.24, 2.45) is 0 Å². The van der Waals surface area contributed by atoms with Crippen LogP contribution in [-0.2, 0) is 23.0 Å². The lowest BCUT2D eigenvalue weighted by Gasteiger charge is -2.07. The van der Waals surface area contributed by atoms with Crippen LogP contribution in [0.1, 0.15) is 11.4 Å². The number of methoxy groups -OCH3 is 1. The number of pyridine rings is 1. The third-order valence-electron chi connectivity index (χ3n) is 3.76. The van der Waals surface area contributed by atoms with E-state index in [1.54, 1.807) is 13.3 Å². The first-order valence-corrected chi connectivity index (χ1v) is 9.24. The SMILES string of the molecule is COc1cccc(CCS(=O)(=O)NCc2ncc3ccccn23)c1. The third kappa shape index (κ3) is 3.93. The van der Waals surface area contributed by atoms with Crippen LogP contribution in [0, 0.1) is 0 Å². The van der Waals surface area contributed by atoms with Gasteiger partial charge >= 0.3 is 0 Å². The van der Waals surface area contributed by atoms with E-state index in [1.807, 2.05) is 53.1 Å². The molecule has 0 aliphatic carbocycles. The standard InChI is InChI=1S/C17H19N3O3S/c1-23-16-7-4-5-14(11-16)8-10-24(21,22)19-13-17-18-12-15-6-2-3-9-20(15)17/h2-7,9,11-12,19H,8,10,13H2,1H3. The second-order valence-electron chi connectivity index (χ2n) is 5.41. The zero-order valence-corrected chi connectivity index (χ0v) is 14.2. The molecular weight excluding hydrogens is 326 g/mol. The fourth-order valence-electron chi connectivity index (χ4n) is 2.46. The van der Waals surface area contributed by atoms with Gasteiger partial charge in [0.05, 0.1) is 31.1 Å². The number of nitrogens with one attached hydrogen (secondary N) is 1. The average molecular weight is 345 g/mol. The molecule has 0 bridgehead atoms. The summed E-state index contributed by atoms with van der Waals surface area (Å²) in [6, 6.07) is 13.1. The Labute approximate surface area is 141 Å². The summed E-state index contributed by atoms with van der Waals surface area (Å²) < 4.78 is 34.0. The number of benzene rings is 1. The number of rotatable bonds is 7. The van der Waals surface area contributed by atoms with Crippen LogP contribution in [0.3, 0.4) is 0 Å². The Kier molecular flexibility index (Phi) is 4.82. The van der Waals surface area contributed by atoms with Gasteiger partial charge in [-0.2, -0.15) is 0 Å². The molecule has 0 fully saturated rings. The van der Waals surface area contributed by atoms with Crippen molar-refractivity contribution >= 4 is 15.5 Å². The molecule has 0 aliphatic heterocycles. The highest BCUT2D eigenvalue weighted by atomic mass is 32.2. The maximum atomic E-state index is 12.2. The van der Waals surface area contributed by atoms with E-state index in [9.17, 15) is 8.42 Å². The van der Waals surface area contributed by atoms with Crippen molar-refractivity contribution in [3.05, 3.63) is 66.2 Å². The smallest absolute Gasteiger partial charge is 0.212 e. The molecule has 126 valence electrons. The monoisotopic (exact) mass is 345 g/mol. The maximum Gasteiger partial charge on any atom is 0.212 e. The van der Waals surface area contributed by atoms with Crippen LogP contribution in [0.4, 0.5) is 0 Å². The Morgan fingerprint density at radius 2 is 2.08 bits per heavy atom. The zero-order valence-electron chi connectivity index (χ0n) is 13.3. The minimum Gasteiger partial charge on any atom is -0.497 e. The predicted molar refractivity (Wildman–Crippen MR) is 92.5 cm³/mol. The lowest BCUT2D eigenvalue weighted by atomic mass is 10.2. The fraction of sp³-hybridized carbons (Fsp3) is 0.235. The number of ether oxygens (including phenoxy) is 1. The van der Waals surface area contributed by atoms with Gasteiger partial charge in [0.15, 0.2) is 0 Å². The Bertz CT molecular complexity index is 935. The molecule has 0 radical (unpaired) electrons. The lowest BCUT2D eigenvalue weighted by molar-refractivity contribution is 0.414. The van der Waals surface area contributed by atoms with Crippen molar-refractivity contribution in [3.63, 3.8) is 0 Å². The van der Waals surface area contributed by atoms with Crippen LogP contribution in [0.25, 0.3) is 5.52 Å². The van der Waals surface area contributed by atoms with Gasteiger partial charge < -0.3 is 9.14 Å². The average Bonchev–Trinajstić information content (AvgIpc) is 3.02. The molecule has 0 spiro atoms. The van der Waals surface area contributed by atoms with Crippen molar-refractivity contribution in [2.75, 3.05) is 12.9 Å². The molecule has 0 amide bonds. The van der Waals surface area contributed by atoms with Gasteiger partial charge in [0.1, 0.15) is 11.6 Å². The first-order valence-electron chi connectivity index (χ1n) is 7.59. The largest absolute Gasteiger partial charge is 0.497 e.